The van der Waals surface area contributed by atoms with E-state index in [1.54, 1.807) is 47.3 Å². The first-order valence-electron chi connectivity index (χ1n) is 10.9. The third-order valence-corrected chi connectivity index (χ3v) is 7.80. The summed E-state index contributed by atoms with van der Waals surface area (Å²) in [6, 6.07) is 11.9. The van der Waals surface area contributed by atoms with Gasteiger partial charge in [-0.05, 0) is 35.4 Å². The molecule has 0 N–H and O–H groups in total. The monoisotopic (exact) mass is 521 g/mol. The summed E-state index contributed by atoms with van der Waals surface area (Å²) in [7, 11) is -2.51. The Bertz CT molecular complexity index is 1270. The highest BCUT2D eigenvalue weighted by Crippen LogP contribution is 2.21. The van der Waals surface area contributed by atoms with Gasteiger partial charge in [-0.25, -0.2) is 17.5 Å². The van der Waals surface area contributed by atoms with Crippen molar-refractivity contribution < 1.29 is 22.3 Å². The Balaban J connectivity index is 1.50. The van der Waals surface area contributed by atoms with Gasteiger partial charge in [0.05, 0.1) is 31.3 Å². The lowest BCUT2D eigenvalue weighted by Gasteiger charge is -2.28. The number of halogens is 2. The van der Waals surface area contributed by atoms with E-state index in [2.05, 4.69) is 10.3 Å². The fraction of sp³-hybridized carbons (Fsp3) is 0.348. The second kappa shape index (κ2) is 10.8. The molecule has 0 bridgehead atoms. The summed E-state index contributed by atoms with van der Waals surface area (Å²) in [5, 5.41) is 8.83. The average Bonchev–Trinajstić information content (AvgIpc) is 3.23. The predicted molar refractivity (Wildman–Crippen MR) is 127 cm³/mol. The number of carbonyl (C=O) groups excluding carboxylic acids is 1. The quantitative estimate of drug-likeness (QED) is 0.440. The first-order valence-corrected chi connectivity index (χ1v) is 12.9. The third kappa shape index (κ3) is 6.43. The van der Waals surface area contributed by atoms with E-state index in [1.807, 2.05) is 4.90 Å². The van der Waals surface area contributed by atoms with Crippen LogP contribution in [-0.2, 0) is 39.2 Å². The molecule has 186 valence electrons. The van der Waals surface area contributed by atoms with Crippen molar-refractivity contribution in [3.8, 4) is 0 Å². The van der Waals surface area contributed by atoms with Gasteiger partial charge < -0.3 is 4.74 Å². The van der Waals surface area contributed by atoms with Crippen molar-refractivity contribution in [3.63, 3.8) is 0 Å². The number of methoxy groups -OCH3 is 1. The van der Waals surface area contributed by atoms with Crippen LogP contribution in [-0.4, -0.2) is 70.6 Å². The van der Waals surface area contributed by atoms with Crippen LogP contribution in [0.2, 0.25) is 5.02 Å². The number of esters is 1. The first-order chi connectivity index (χ1) is 16.7. The standard InChI is InChI=1S/C23H25ClFN5O4S/c1-34-23(31)22-16-28(10-11-35(32,33)30(22)13-18-2-6-19(24)7-3-18)14-21-15-29(27-26-21)12-17-4-8-20(25)9-5-17/h2-9,15,22H,10-14,16H2,1H3. The molecule has 4 rings (SSSR count). The molecule has 1 unspecified atom stereocenters. The first kappa shape index (κ1) is 25.2. The van der Waals surface area contributed by atoms with Crippen molar-refractivity contribution in [1.29, 1.82) is 0 Å². The van der Waals surface area contributed by atoms with Crippen molar-refractivity contribution in [2.75, 3.05) is 26.0 Å². The maximum atomic E-state index is 13.1. The van der Waals surface area contributed by atoms with Crippen LogP contribution in [0, 0.1) is 5.82 Å². The zero-order valence-corrected chi connectivity index (χ0v) is 20.6. The van der Waals surface area contributed by atoms with Crippen LogP contribution in [0.15, 0.2) is 54.7 Å². The van der Waals surface area contributed by atoms with Crippen LogP contribution < -0.4 is 0 Å². The summed E-state index contributed by atoms with van der Waals surface area (Å²) in [6.45, 7) is 1.12. The number of sulfonamides is 1. The van der Waals surface area contributed by atoms with E-state index in [4.69, 9.17) is 16.3 Å². The van der Waals surface area contributed by atoms with Gasteiger partial charge in [-0.2, -0.15) is 4.31 Å². The number of hydrogen-bond acceptors (Lipinski definition) is 7. The molecule has 12 heteroatoms. The van der Waals surface area contributed by atoms with Crippen molar-refractivity contribution >= 4 is 27.6 Å². The van der Waals surface area contributed by atoms with Gasteiger partial charge in [0.1, 0.15) is 11.9 Å². The van der Waals surface area contributed by atoms with Gasteiger partial charge in [0.2, 0.25) is 10.0 Å². The summed E-state index contributed by atoms with van der Waals surface area (Å²) in [5.41, 5.74) is 2.20. The molecule has 3 aromatic rings. The van der Waals surface area contributed by atoms with E-state index in [9.17, 15) is 17.6 Å². The molecule has 0 radical (unpaired) electrons. The highest BCUT2D eigenvalue weighted by atomic mass is 35.5. The van der Waals surface area contributed by atoms with Gasteiger partial charge >= 0.3 is 5.97 Å². The molecule has 1 saturated heterocycles. The Morgan fingerprint density at radius 3 is 2.43 bits per heavy atom. The summed E-state index contributed by atoms with van der Waals surface area (Å²) >= 11 is 5.95. The number of benzene rings is 2. The largest absolute Gasteiger partial charge is 0.468 e. The van der Waals surface area contributed by atoms with E-state index in [0.717, 1.165) is 5.56 Å². The maximum Gasteiger partial charge on any atom is 0.325 e. The zero-order valence-electron chi connectivity index (χ0n) is 19.0. The minimum Gasteiger partial charge on any atom is -0.468 e. The summed E-state index contributed by atoms with van der Waals surface area (Å²) < 4.78 is 47.2. The number of aromatic nitrogens is 3. The van der Waals surface area contributed by atoms with Crippen LogP contribution in [0.25, 0.3) is 0 Å². The second-order valence-corrected chi connectivity index (χ2v) is 10.8. The molecule has 1 atom stereocenters. The molecule has 1 aliphatic heterocycles. The Kier molecular flexibility index (Phi) is 7.80. The molecule has 0 spiro atoms. The molecule has 9 nitrogen and oxygen atoms in total. The third-order valence-electron chi connectivity index (χ3n) is 5.76. The fourth-order valence-electron chi connectivity index (χ4n) is 3.93. The van der Waals surface area contributed by atoms with Crippen LogP contribution >= 0.6 is 11.6 Å². The summed E-state index contributed by atoms with van der Waals surface area (Å²) in [5.74, 6) is -1.10. The van der Waals surface area contributed by atoms with Crippen LogP contribution in [0.4, 0.5) is 4.39 Å². The SMILES string of the molecule is COC(=O)C1CN(Cc2cn(Cc3ccc(F)cc3)nn2)CCS(=O)(=O)N1Cc1ccc(Cl)cc1. The van der Waals surface area contributed by atoms with Crippen LogP contribution in [0.5, 0.6) is 0 Å². The Morgan fingerprint density at radius 1 is 1.09 bits per heavy atom. The van der Waals surface area contributed by atoms with Gasteiger partial charge in [-0.3, -0.25) is 9.69 Å². The van der Waals surface area contributed by atoms with Crippen LogP contribution in [0.1, 0.15) is 16.8 Å². The molecule has 2 aromatic carbocycles. The van der Waals surface area contributed by atoms with E-state index >= 15 is 0 Å². The number of carbonyl (C=O) groups is 1. The highest BCUT2D eigenvalue weighted by Gasteiger charge is 2.39. The maximum absolute atomic E-state index is 13.1. The molecule has 2 heterocycles. The van der Waals surface area contributed by atoms with Crippen molar-refractivity contribution in [2.45, 2.75) is 25.7 Å². The average molecular weight is 522 g/mol. The molecule has 0 aliphatic carbocycles. The molecular formula is C23H25ClFN5O4S. The van der Waals surface area contributed by atoms with Crippen molar-refractivity contribution in [3.05, 3.63) is 82.4 Å². The number of rotatable bonds is 7. The van der Waals surface area contributed by atoms with Gasteiger partial charge in [-0.15, -0.1) is 5.10 Å². The lowest BCUT2D eigenvalue weighted by atomic mass is 10.2. The summed E-state index contributed by atoms with van der Waals surface area (Å²) in [6.07, 6.45) is 1.75. The Labute approximate surface area is 208 Å². The summed E-state index contributed by atoms with van der Waals surface area (Å²) in [4.78, 5) is 14.5. The molecular weight excluding hydrogens is 497 g/mol. The number of hydrogen-bond donors (Lipinski definition) is 0. The lowest BCUT2D eigenvalue weighted by molar-refractivity contribution is -0.145. The van der Waals surface area contributed by atoms with E-state index in [0.29, 0.717) is 29.4 Å². The lowest BCUT2D eigenvalue weighted by Crippen LogP contribution is -2.48. The highest BCUT2D eigenvalue weighted by molar-refractivity contribution is 7.89. The van der Waals surface area contributed by atoms with Crippen molar-refractivity contribution in [2.24, 2.45) is 0 Å². The number of nitrogens with zero attached hydrogens (tertiary/aromatic N) is 5. The Morgan fingerprint density at radius 2 is 1.74 bits per heavy atom. The van der Waals surface area contributed by atoms with Gasteiger partial charge in [0.15, 0.2) is 0 Å². The van der Waals surface area contributed by atoms with E-state index in [1.165, 1.54) is 23.5 Å². The molecule has 1 aromatic heterocycles. The second-order valence-electron chi connectivity index (χ2n) is 8.30. The topological polar surface area (TPSA) is 97.6 Å². The molecule has 0 saturated carbocycles. The van der Waals surface area contributed by atoms with Gasteiger partial charge in [0, 0.05) is 31.2 Å². The molecule has 1 fully saturated rings. The van der Waals surface area contributed by atoms with Crippen molar-refractivity contribution in [1.82, 2.24) is 24.2 Å². The van der Waals surface area contributed by atoms with E-state index < -0.39 is 22.0 Å². The fourth-order valence-corrected chi connectivity index (χ4v) is 5.66. The molecule has 0 amide bonds. The molecule has 1 aliphatic rings. The Hall–Kier alpha value is -2.86. The minimum absolute atomic E-state index is 0.0287. The van der Waals surface area contributed by atoms with Crippen LogP contribution in [0.3, 0.4) is 0 Å². The predicted octanol–water partition coefficient (Wildman–Crippen LogP) is 2.31. The van der Waals surface area contributed by atoms with E-state index in [-0.39, 0.29) is 31.2 Å². The zero-order chi connectivity index (χ0) is 25.0. The van der Waals surface area contributed by atoms with Gasteiger partial charge in [0.25, 0.3) is 0 Å². The molecule has 35 heavy (non-hydrogen) atoms. The normalized spacial score (nSPS) is 18.8. The number of ether oxygens (including phenoxy) is 1. The van der Waals surface area contributed by atoms with Gasteiger partial charge in [-0.1, -0.05) is 41.1 Å². The smallest absolute Gasteiger partial charge is 0.325 e. The minimum atomic E-state index is -3.75.